The Hall–Kier alpha value is -8.83. The third-order valence-corrected chi connectivity index (χ3v) is 22.0. The molecule has 32 nitrogen and oxygen atoms in total. The van der Waals surface area contributed by atoms with E-state index in [1.54, 1.807) is 61.8 Å². The summed E-state index contributed by atoms with van der Waals surface area (Å²) in [6, 6.07) is 1.15. The van der Waals surface area contributed by atoms with E-state index >= 15 is 19.2 Å². The van der Waals surface area contributed by atoms with Crippen LogP contribution in [0.2, 0.25) is 0 Å². The molecule has 12 bridgehead atoms. The lowest BCUT2D eigenvalue weighted by Gasteiger charge is -2.48. The lowest BCUT2D eigenvalue weighted by Crippen LogP contribution is -2.62. The van der Waals surface area contributed by atoms with E-state index in [9.17, 15) is 34.9 Å². The van der Waals surface area contributed by atoms with E-state index in [-0.39, 0.29) is 124 Å². The van der Waals surface area contributed by atoms with E-state index in [4.69, 9.17) is 53.1 Å². The van der Waals surface area contributed by atoms with Gasteiger partial charge in [-0.05, 0) is 66.0 Å². The molecule has 12 rings (SSSR count). The maximum absolute atomic E-state index is 15.2. The molecule has 10 atom stereocenters. The number of nitrogens with zero attached hydrogens (tertiary/aromatic N) is 9. The van der Waals surface area contributed by atoms with Crippen LogP contribution in [0.15, 0.2) is 56.9 Å². The second kappa shape index (κ2) is 30.6. The number of nitrogens with one attached hydrogen (secondary N) is 5. The number of cyclic esters (lactones) is 2. The van der Waals surface area contributed by atoms with Crippen molar-refractivity contribution in [1.82, 2.24) is 71.0 Å². The molecule has 5 amide bonds. The summed E-state index contributed by atoms with van der Waals surface area (Å²) in [5, 5.41) is 67.0. The summed E-state index contributed by atoms with van der Waals surface area (Å²) < 4.78 is 44.4. The van der Waals surface area contributed by atoms with Gasteiger partial charge in [0.25, 0.3) is 23.6 Å². The molecular weight excluding hydrogens is 1430 g/mol. The van der Waals surface area contributed by atoms with Gasteiger partial charge in [-0.15, -0.1) is 56.7 Å². The van der Waals surface area contributed by atoms with Gasteiger partial charge >= 0.3 is 11.9 Å². The smallest absolute Gasteiger partial charge is 0.358 e. The molecule has 540 valence electrons. The number of methoxy groups -OCH3 is 2. The number of aliphatic hydroxyl groups is 3. The molecule has 9 N–H and O–H groups in total. The molecule has 4 aliphatic rings. The minimum absolute atomic E-state index is 0.00397. The van der Waals surface area contributed by atoms with Crippen molar-refractivity contribution in [2.24, 2.45) is 0 Å². The number of esters is 2. The van der Waals surface area contributed by atoms with Crippen LogP contribution in [0.25, 0.3) is 49.3 Å². The van der Waals surface area contributed by atoms with Crippen molar-refractivity contribution in [3.8, 4) is 38.4 Å². The number of benzene rings is 1. The van der Waals surface area contributed by atoms with Crippen LogP contribution in [0.1, 0.15) is 132 Å². The second-order valence-corrected chi connectivity index (χ2v) is 29.0. The number of amides is 5. The summed E-state index contributed by atoms with van der Waals surface area (Å²) in [4.78, 5) is 136. The first-order valence-electron chi connectivity index (χ1n) is 32.0. The van der Waals surface area contributed by atoms with Gasteiger partial charge in [0.1, 0.15) is 120 Å². The van der Waals surface area contributed by atoms with Gasteiger partial charge in [0.05, 0.1) is 56.8 Å². The Morgan fingerprint density at radius 2 is 1.53 bits per heavy atom. The predicted molar refractivity (Wildman–Crippen MR) is 371 cm³/mol. The summed E-state index contributed by atoms with van der Waals surface area (Å²) in [6.07, 6.45) is -7.46. The maximum Gasteiger partial charge on any atom is 0.358 e. The molecule has 10 unspecified atom stereocenters. The van der Waals surface area contributed by atoms with Crippen LogP contribution in [-0.4, -0.2) is 223 Å². The van der Waals surface area contributed by atoms with Crippen LogP contribution in [0.5, 0.6) is 5.75 Å². The van der Waals surface area contributed by atoms with E-state index in [2.05, 4.69) is 36.6 Å². The van der Waals surface area contributed by atoms with Crippen LogP contribution in [0.3, 0.4) is 0 Å². The normalized spacial score (nSPS) is 23.7. The summed E-state index contributed by atoms with van der Waals surface area (Å²) in [6.45, 7) is 8.11. The quantitative estimate of drug-likeness (QED) is 0.0411. The number of likely N-dealkylation sites (N-methyl/N-ethyl adjacent to an activating group) is 2. The average Bonchev–Trinajstić information content (AvgIpc) is 1.57. The summed E-state index contributed by atoms with van der Waals surface area (Å²) in [5.74, 6) is -6.00. The van der Waals surface area contributed by atoms with Gasteiger partial charge < -0.3 is 85.2 Å². The molecule has 8 aromatic rings. The van der Waals surface area contributed by atoms with Gasteiger partial charge in [-0.1, -0.05) is 19.1 Å². The molecule has 1 fully saturated rings. The maximum atomic E-state index is 15.2. The Labute approximate surface area is 602 Å². The van der Waals surface area contributed by atoms with Crippen LogP contribution in [0.4, 0.5) is 0 Å². The van der Waals surface area contributed by atoms with Gasteiger partial charge in [0.2, 0.25) is 5.91 Å². The standard InChI is InChI=1S/C65H72N14O18S5/c1-10-78(16-17-80)15-14-66-53(82)36-24-101-61(70-36)47-41(92-9)18-32-46(73-47)35-23-99-59(68-35)34-22-95-63(87)49-33-21-93-50(51(97-42-19-65(5,89)52(77(6)7)30(4)96-42)64(88)94-20-31-12-11-13-40(43(31)33)79(49)90)48(62-72-37(26-102-62)54(83)67-34)76-56(85)39-27-100-60(71-39)45(29(3)91-8)75-57(86)44(28(2)81)74-55(84)38-25-98-58(32)69-38/h11-13,18,23-28,30,34,42,44,48,50-52,80-81,89-90H,10,14-17,19-22H2,1-9H3,(H,66,82)(H,67,83)(H,74,84)(H,75,86)(H,76,85)/b45-29+. The highest BCUT2D eigenvalue weighted by atomic mass is 32.1. The Balaban J connectivity index is 1.03. The van der Waals surface area contributed by atoms with E-state index in [0.29, 0.717) is 29.9 Å². The molecule has 102 heavy (non-hydrogen) atoms. The van der Waals surface area contributed by atoms with Crippen molar-refractivity contribution in [3.63, 3.8) is 0 Å². The Kier molecular flexibility index (Phi) is 21.9. The fourth-order valence-corrected chi connectivity index (χ4v) is 16.8. The number of aliphatic hydroxyl groups excluding tert-OH is 2. The number of ether oxygens (including phenoxy) is 7. The van der Waals surface area contributed by atoms with E-state index < -0.39 is 127 Å². The predicted octanol–water partition coefficient (Wildman–Crippen LogP) is 4.51. The average molecular weight is 1500 g/mol. The molecule has 7 aromatic heterocycles. The van der Waals surface area contributed by atoms with Crippen molar-refractivity contribution in [2.45, 2.75) is 115 Å². The zero-order valence-electron chi connectivity index (χ0n) is 56.3. The van der Waals surface area contributed by atoms with Gasteiger partial charge in [-0.3, -0.25) is 28.9 Å². The number of hydrogen-bond acceptors (Lipinski definition) is 31. The van der Waals surface area contributed by atoms with E-state index in [0.717, 1.165) is 56.7 Å². The zero-order valence-corrected chi connectivity index (χ0v) is 60.4. The monoisotopic (exact) mass is 1500 g/mol. The fourth-order valence-electron chi connectivity index (χ4n) is 12.6. The molecule has 4 aliphatic heterocycles. The second-order valence-electron chi connectivity index (χ2n) is 24.6. The minimum atomic E-state index is -1.90. The van der Waals surface area contributed by atoms with Crippen molar-refractivity contribution < 1.29 is 87.2 Å². The summed E-state index contributed by atoms with van der Waals surface area (Å²) in [7, 11) is 6.28. The SMILES string of the molecule is CCN(CCO)CCNC(=O)c1csc(-c2nc3c(cc2OC)-c2nc(cs2)C(=O)NC(C(C)O)C(=O)N/C(=C(\C)OC)c2nc(cs2)C(=O)NC2c4nc(cs4)C(=O)NC(COC(=O)c4c5c6c(cccc6n4O)COC(=O)C(OC4CC(C)(O)C(N(C)C)C(C)O4)C2OC5)c2nc-3cs2)n1. The molecular formula is C65H72N14O18S5. The molecule has 0 saturated carbocycles. The highest BCUT2D eigenvalue weighted by Crippen LogP contribution is 2.43. The van der Waals surface area contributed by atoms with Gasteiger partial charge in [0, 0.05) is 69.5 Å². The van der Waals surface area contributed by atoms with Crippen LogP contribution in [-0.2, 0) is 51.2 Å². The first kappa shape index (κ1) is 72.9. The number of rotatable bonds is 14. The number of aromatic nitrogens is 7. The first-order chi connectivity index (χ1) is 48.9. The van der Waals surface area contributed by atoms with Gasteiger partial charge in [-0.2, -0.15) is 4.73 Å². The number of fused-ring (bicyclic) bond motifs is 15. The van der Waals surface area contributed by atoms with Crippen molar-refractivity contribution >= 4 is 115 Å². The molecule has 37 heteroatoms. The topological polar surface area (TPSA) is 414 Å². The van der Waals surface area contributed by atoms with Gasteiger partial charge in [0.15, 0.2) is 18.1 Å². The molecule has 11 heterocycles. The number of carbonyl (C=O) groups is 7. The summed E-state index contributed by atoms with van der Waals surface area (Å²) in [5.41, 5.74) is -1.53. The van der Waals surface area contributed by atoms with Crippen LogP contribution in [0, 0.1) is 0 Å². The zero-order chi connectivity index (χ0) is 72.6. The Morgan fingerprint density at radius 1 is 0.843 bits per heavy atom. The molecule has 1 aromatic carbocycles. The number of allylic oxidation sites excluding steroid dienone is 1. The fraction of sp³-hybridized carbons (Fsp3) is 0.431. The van der Waals surface area contributed by atoms with Crippen LogP contribution >= 0.6 is 56.7 Å². The molecule has 0 spiro atoms. The highest BCUT2D eigenvalue weighted by Gasteiger charge is 2.50. The van der Waals surface area contributed by atoms with Crippen LogP contribution < -0.4 is 31.3 Å². The number of hydrogen-bond donors (Lipinski definition) is 9. The third kappa shape index (κ3) is 14.9. The lowest BCUT2D eigenvalue weighted by atomic mass is 9.85. The first-order valence-corrected chi connectivity index (χ1v) is 36.4. The highest BCUT2D eigenvalue weighted by molar-refractivity contribution is 7.14. The molecule has 0 aliphatic carbocycles. The number of thiazole rings is 5. The van der Waals surface area contributed by atoms with E-state index in [1.165, 1.54) is 50.3 Å². The number of carbonyl (C=O) groups excluding carboxylic acids is 7. The van der Waals surface area contributed by atoms with Gasteiger partial charge in [-0.25, -0.2) is 39.5 Å². The largest absolute Gasteiger partial charge is 0.499 e. The van der Waals surface area contributed by atoms with Crippen molar-refractivity contribution in [3.05, 3.63) is 112 Å². The number of pyridine rings is 1. The minimum Gasteiger partial charge on any atom is -0.499 e. The van der Waals surface area contributed by atoms with Crippen molar-refractivity contribution in [2.75, 3.05) is 67.7 Å². The molecule has 0 radical (unpaired) electrons. The Bertz CT molecular complexity index is 4560. The third-order valence-electron chi connectivity index (χ3n) is 17.5. The lowest BCUT2D eigenvalue weighted by molar-refractivity contribution is -0.280. The van der Waals surface area contributed by atoms with Crippen molar-refractivity contribution in [1.29, 1.82) is 0 Å². The van der Waals surface area contributed by atoms with E-state index in [1.807, 2.05) is 11.8 Å². The summed E-state index contributed by atoms with van der Waals surface area (Å²) >= 11 is 4.90. The molecule has 1 saturated heterocycles. The Morgan fingerprint density at radius 3 is 2.25 bits per heavy atom.